The van der Waals surface area contributed by atoms with Crippen molar-refractivity contribution < 1.29 is 22.7 Å². The second-order valence-corrected chi connectivity index (χ2v) is 12.8. The maximum absolute atomic E-state index is 14.1. The number of carbonyl (C=O) groups excluding carboxylic acids is 2. The standard InChI is InChI=1S/C31H37Cl2N3O5S/c1-6-7-16-34-31(38)23(4)35(19-24-11-14-26(32)27(33)18-24)30(37)20-36(28-17-22(3)10-15-29(28)41-5)42(39,40)25-12-8-21(2)9-13-25/h8-15,17-18,23H,6-7,16,19-20H2,1-5H3,(H,34,38). The number of sulfonamides is 1. The second kappa shape index (κ2) is 14.8. The number of hydrogen-bond acceptors (Lipinski definition) is 5. The number of unbranched alkanes of at least 4 members (excludes halogenated alkanes) is 1. The van der Waals surface area contributed by atoms with Crippen LogP contribution < -0.4 is 14.4 Å². The van der Waals surface area contributed by atoms with Gasteiger partial charge in [0, 0.05) is 13.1 Å². The summed E-state index contributed by atoms with van der Waals surface area (Å²) in [4.78, 5) is 28.6. The molecule has 226 valence electrons. The first-order chi connectivity index (χ1) is 19.9. The minimum atomic E-state index is -4.23. The Morgan fingerprint density at radius 3 is 2.24 bits per heavy atom. The van der Waals surface area contributed by atoms with Crippen molar-refractivity contribution in [1.82, 2.24) is 10.2 Å². The molecule has 0 saturated heterocycles. The highest BCUT2D eigenvalue weighted by Crippen LogP contribution is 2.34. The van der Waals surface area contributed by atoms with E-state index in [2.05, 4.69) is 5.32 Å². The maximum atomic E-state index is 14.1. The van der Waals surface area contributed by atoms with E-state index in [0.29, 0.717) is 22.2 Å². The van der Waals surface area contributed by atoms with Gasteiger partial charge < -0.3 is 15.0 Å². The van der Waals surface area contributed by atoms with Crippen molar-refractivity contribution in [3.8, 4) is 5.75 Å². The number of halogens is 2. The van der Waals surface area contributed by atoms with E-state index in [1.54, 1.807) is 55.5 Å². The molecule has 1 N–H and O–H groups in total. The summed E-state index contributed by atoms with van der Waals surface area (Å²) >= 11 is 12.3. The zero-order chi connectivity index (χ0) is 31.0. The summed E-state index contributed by atoms with van der Waals surface area (Å²) in [6.45, 7) is 7.19. The molecule has 0 spiro atoms. The van der Waals surface area contributed by atoms with E-state index in [1.165, 1.54) is 24.1 Å². The highest BCUT2D eigenvalue weighted by molar-refractivity contribution is 7.92. The number of aryl methyl sites for hydroxylation is 2. The van der Waals surface area contributed by atoms with Gasteiger partial charge in [-0.1, -0.05) is 66.4 Å². The number of anilines is 1. The van der Waals surface area contributed by atoms with Crippen LogP contribution in [0.3, 0.4) is 0 Å². The first-order valence-corrected chi connectivity index (χ1v) is 15.8. The van der Waals surface area contributed by atoms with E-state index in [-0.39, 0.29) is 28.8 Å². The van der Waals surface area contributed by atoms with Gasteiger partial charge in [0.1, 0.15) is 18.3 Å². The summed E-state index contributed by atoms with van der Waals surface area (Å²) in [7, 11) is -2.79. The van der Waals surface area contributed by atoms with Gasteiger partial charge in [-0.3, -0.25) is 13.9 Å². The highest BCUT2D eigenvalue weighted by atomic mass is 35.5. The van der Waals surface area contributed by atoms with E-state index in [9.17, 15) is 18.0 Å². The number of hydrogen-bond donors (Lipinski definition) is 1. The van der Waals surface area contributed by atoms with E-state index in [1.807, 2.05) is 20.8 Å². The quantitative estimate of drug-likeness (QED) is 0.228. The fourth-order valence-corrected chi connectivity index (χ4v) is 6.04. The molecule has 0 radical (unpaired) electrons. The van der Waals surface area contributed by atoms with Gasteiger partial charge in [-0.2, -0.15) is 0 Å². The SMILES string of the molecule is CCCCNC(=O)C(C)N(Cc1ccc(Cl)c(Cl)c1)C(=O)CN(c1cc(C)ccc1OC)S(=O)(=O)c1ccc(C)cc1. The zero-order valence-electron chi connectivity index (χ0n) is 24.5. The van der Waals surface area contributed by atoms with E-state index in [0.717, 1.165) is 28.3 Å². The van der Waals surface area contributed by atoms with Gasteiger partial charge in [0.15, 0.2) is 0 Å². The van der Waals surface area contributed by atoms with Crippen LogP contribution in [0, 0.1) is 13.8 Å². The Bertz CT molecular complexity index is 1510. The molecule has 0 aromatic heterocycles. The fraction of sp³-hybridized carbons (Fsp3) is 0.355. The topological polar surface area (TPSA) is 96.0 Å². The van der Waals surface area contributed by atoms with Crippen molar-refractivity contribution in [2.45, 2.75) is 58.0 Å². The smallest absolute Gasteiger partial charge is 0.264 e. The third kappa shape index (κ3) is 8.18. The van der Waals surface area contributed by atoms with Crippen LogP contribution in [0.1, 0.15) is 43.4 Å². The molecule has 0 saturated carbocycles. The molecular formula is C31H37Cl2N3O5S. The summed E-state index contributed by atoms with van der Waals surface area (Å²) in [5.74, 6) is -0.651. The van der Waals surface area contributed by atoms with Crippen molar-refractivity contribution in [1.29, 1.82) is 0 Å². The molecule has 0 heterocycles. The molecule has 1 atom stereocenters. The third-order valence-electron chi connectivity index (χ3n) is 6.82. The Kier molecular flexibility index (Phi) is 11.7. The lowest BCUT2D eigenvalue weighted by Gasteiger charge is -2.32. The fourth-order valence-electron chi connectivity index (χ4n) is 4.30. The minimum Gasteiger partial charge on any atom is -0.495 e. The molecular weight excluding hydrogens is 597 g/mol. The van der Waals surface area contributed by atoms with Crippen LogP contribution >= 0.6 is 23.2 Å². The molecule has 2 amide bonds. The molecule has 0 aliphatic carbocycles. The van der Waals surface area contributed by atoms with Gasteiger partial charge in [0.05, 0.1) is 27.7 Å². The molecule has 3 rings (SSSR count). The largest absolute Gasteiger partial charge is 0.495 e. The summed E-state index contributed by atoms with van der Waals surface area (Å²) in [5, 5.41) is 3.52. The van der Waals surface area contributed by atoms with E-state index >= 15 is 0 Å². The Labute approximate surface area is 258 Å². The van der Waals surface area contributed by atoms with Gasteiger partial charge in [0.2, 0.25) is 11.8 Å². The van der Waals surface area contributed by atoms with Gasteiger partial charge in [-0.05, 0) is 74.7 Å². The van der Waals surface area contributed by atoms with E-state index < -0.39 is 28.5 Å². The minimum absolute atomic E-state index is 0.00145. The Morgan fingerprint density at radius 2 is 1.62 bits per heavy atom. The van der Waals surface area contributed by atoms with Crippen LogP contribution in [0.4, 0.5) is 5.69 Å². The molecule has 11 heteroatoms. The number of methoxy groups -OCH3 is 1. The molecule has 1 unspecified atom stereocenters. The van der Waals surface area contributed by atoms with Crippen LogP contribution in [-0.2, 0) is 26.2 Å². The number of benzene rings is 3. The first-order valence-electron chi connectivity index (χ1n) is 13.6. The molecule has 0 bridgehead atoms. The van der Waals surface area contributed by atoms with Crippen LogP contribution in [0.5, 0.6) is 5.75 Å². The van der Waals surface area contributed by atoms with Crippen molar-refractivity contribution in [3.05, 3.63) is 87.4 Å². The number of nitrogens with one attached hydrogen (secondary N) is 1. The molecule has 0 aliphatic rings. The van der Waals surface area contributed by atoms with Crippen molar-refractivity contribution in [2.24, 2.45) is 0 Å². The van der Waals surface area contributed by atoms with Gasteiger partial charge in [0.25, 0.3) is 10.0 Å². The number of ether oxygens (including phenoxy) is 1. The highest BCUT2D eigenvalue weighted by Gasteiger charge is 2.34. The third-order valence-corrected chi connectivity index (χ3v) is 9.34. The summed E-state index contributed by atoms with van der Waals surface area (Å²) in [6, 6.07) is 15.5. The summed E-state index contributed by atoms with van der Waals surface area (Å²) in [5.41, 5.74) is 2.51. The molecule has 8 nitrogen and oxygen atoms in total. The van der Waals surface area contributed by atoms with Crippen molar-refractivity contribution in [3.63, 3.8) is 0 Å². The van der Waals surface area contributed by atoms with Crippen LogP contribution in [0.15, 0.2) is 65.6 Å². The predicted molar refractivity (Wildman–Crippen MR) is 168 cm³/mol. The first kappa shape index (κ1) is 33.2. The number of carbonyl (C=O) groups is 2. The molecule has 0 aliphatic heterocycles. The Hall–Kier alpha value is -3.27. The van der Waals surface area contributed by atoms with Gasteiger partial charge in [-0.25, -0.2) is 8.42 Å². The molecule has 3 aromatic carbocycles. The average Bonchev–Trinajstić information content (AvgIpc) is 2.96. The average molecular weight is 635 g/mol. The van der Waals surface area contributed by atoms with Gasteiger partial charge >= 0.3 is 0 Å². The predicted octanol–water partition coefficient (Wildman–Crippen LogP) is 6.15. The lowest BCUT2D eigenvalue weighted by atomic mass is 10.1. The zero-order valence-corrected chi connectivity index (χ0v) is 26.8. The summed E-state index contributed by atoms with van der Waals surface area (Å²) in [6.07, 6.45) is 1.68. The lowest BCUT2D eigenvalue weighted by Crippen LogP contribution is -2.51. The van der Waals surface area contributed by atoms with Crippen LogP contribution in [0.25, 0.3) is 0 Å². The number of rotatable bonds is 13. The van der Waals surface area contributed by atoms with Crippen molar-refractivity contribution >= 4 is 50.7 Å². The van der Waals surface area contributed by atoms with Crippen LogP contribution in [-0.4, -0.2) is 51.4 Å². The normalized spacial score (nSPS) is 12.0. The Morgan fingerprint density at radius 1 is 0.952 bits per heavy atom. The van der Waals surface area contributed by atoms with Gasteiger partial charge in [-0.15, -0.1) is 0 Å². The molecule has 42 heavy (non-hydrogen) atoms. The Balaban J connectivity index is 2.08. The molecule has 3 aromatic rings. The molecule has 0 fully saturated rings. The number of nitrogens with zero attached hydrogens (tertiary/aromatic N) is 2. The van der Waals surface area contributed by atoms with Crippen LogP contribution in [0.2, 0.25) is 10.0 Å². The van der Waals surface area contributed by atoms with E-state index in [4.69, 9.17) is 27.9 Å². The lowest BCUT2D eigenvalue weighted by molar-refractivity contribution is -0.139. The monoisotopic (exact) mass is 633 g/mol. The number of amides is 2. The van der Waals surface area contributed by atoms with Crippen molar-refractivity contribution in [2.75, 3.05) is 24.5 Å². The second-order valence-electron chi connectivity index (χ2n) is 10.1. The maximum Gasteiger partial charge on any atom is 0.264 e. The summed E-state index contributed by atoms with van der Waals surface area (Å²) < 4.78 is 34.7.